The average Bonchev–Trinajstić information content (AvgIpc) is 2.85. The highest BCUT2D eigenvalue weighted by atomic mass is 35.5. The van der Waals surface area contributed by atoms with Gasteiger partial charge in [0.05, 0.1) is 10.6 Å². The van der Waals surface area contributed by atoms with Gasteiger partial charge in [0, 0.05) is 23.6 Å². The van der Waals surface area contributed by atoms with Crippen molar-refractivity contribution in [3.63, 3.8) is 0 Å². The third kappa shape index (κ3) is 6.57. The molecular weight excluding hydrogens is 521 g/mol. The maximum Gasteiger partial charge on any atom is 0.264 e. The summed E-state index contributed by atoms with van der Waals surface area (Å²) in [6, 6.07) is 18.6. The zero-order valence-electron chi connectivity index (χ0n) is 20.1. The fraction of sp³-hybridized carbons (Fsp3) is 0.231. The molecule has 0 unspecified atom stereocenters. The summed E-state index contributed by atoms with van der Waals surface area (Å²) in [4.78, 5) is 27.5. The largest absolute Gasteiger partial charge is 0.357 e. The molecule has 190 valence electrons. The van der Waals surface area contributed by atoms with Crippen LogP contribution in [0, 0.1) is 6.92 Å². The molecule has 0 heterocycles. The monoisotopic (exact) mass is 547 g/mol. The molecule has 0 radical (unpaired) electrons. The van der Waals surface area contributed by atoms with E-state index >= 15 is 0 Å². The Morgan fingerprint density at radius 3 is 2.22 bits per heavy atom. The second kappa shape index (κ2) is 11.8. The highest BCUT2D eigenvalue weighted by Gasteiger charge is 2.32. The highest BCUT2D eigenvalue weighted by molar-refractivity contribution is 7.92. The van der Waals surface area contributed by atoms with Gasteiger partial charge in [0.15, 0.2) is 0 Å². The zero-order valence-corrected chi connectivity index (χ0v) is 22.4. The minimum atomic E-state index is -4.18. The zero-order chi connectivity index (χ0) is 26.5. The van der Waals surface area contributed by atoms with E-state index in [1.165, 1.54) is 42.3 Å². The van der Waals surface area contributed by atoms with Crippen LogP contribution in [0.2, 0.25) is 10.0 Å². The Hall–Kier alpha value is -3.07. The third-order valence-corrected chi connectivity index (χ3v) is 7.90. The SMILES string of the molecule is CNC(=O)[C@H](C)N(Cc1cccc(C)c1)C(=O)CN(c1cccc(Cl)c1)S(=O)(=O)c1ccc(Cl)cc1. The number of nitrogens with zero attached hydrogens (tertiary/aromatic N) is 2. The summed E-state index contributed by atoms with van der Waals surface area (Å²) in [5.74, 6) is -0.920. The summed E-state index contributed by atoms with van der Waals surface area (Å²) in [5, 5.41) is 3.25. The standard InChI is InChI=1S/C26H27Cl2N3O4S/c1-18-6-4-7-20(14-18)16-30(19(2)26(33)29-3)25(32)17-31(23-9-5-8-22(28)15-23)36(34,35)24-12-10-21(27)11-13-24/h4-15,19H,16-17H2,1-3H3,(H,29,33)/t19-/m0/s1. The number of carbonyl (C=O) groups is 2. The Morgan fingerprint density at radius 1 is 0.944 bits per heavy atom. The number of likely N-dealkylation sites (N-methyl/N-ethyl adjacent to an activating group) is 1. The van der Waals surface area contributed by atoms with Gasteiger partial charge in [-0.2, -0.15) is 0 Å². The summed E-state index contributed by atoms with van der Waals surface area (Å²) in [6.07, 6.45) is 0. The minimum absolute atomic E-state index is 0.0377. The predicted octanol–water partition coefficient (Wildman–Crippen LogP) is 4.66. The number of rotatable bonds is 9. The number of sulfonamides is 1. The summed E-state index contributed by atoms with van der Waals surface area (Å²) in [6.45, 7) is 3.11. The molecule has 36 heavy (non-hydrogen) atoms. The summed E-state index contributed by atoms with van der Waals surface area (Å²) in [5.41, 5.74) is 2.03. The number of aryl methyl sites for hydroxylation is 1. The number of hydrogen-bond acceptors (Lipinski definition) is 4. The molecule has 2 amide bonds. The van der Waals surface area contributed by atoms with E-state index in [9.17, 15) is 18.0 Å². The molecule has 3 rings (SSSR count). The maximum atomic E-state index is 13.7. The lowest BCUT2D eigenvalue weighted by Gasteiger charge is -2.32. The van der Waals surface area contributed by atoms with Crippen LogP contribution in [0.1, 0.15) is 18.1 Å². The smallest absolute Gasteiger partial charge is 0.264 e. The molecule has 0 saturated carbocycles. The van der Waals surface area contributed by atoms with Crippen molar-refractivity contribution in [1.29, 1.82) is 0 Å². The van der Waals surface area contributed by atoms with Crippen LogP contribution < -0.4 is 9.62 Å². The number of halogens is 2. The number of anilines is 1. The van der Waals surface area contributed by atoms with Crippen molar-refractivity contribution < 1.29 is 18.0 Å². The van der Waals surface area contributed by atoms with Crippen molar-refractivity contribution in [2.24, 2.45) is 0 Å². The van der Waals surface area contributed by atoms with Crippen molar-refractivity contribution in [2.75, 3.05) is 17.9 Å². The summed E-state index contributed by atoms with van der Waals surface area (Å²) < 4.78 is 28.3. The molecular formula is C26H27Cl2N3O4S. The van der Waals surface area contributed by atoms with Gasteiger partial charge in [-0.1, -0.05) is 59.1 Å². The Balaban J connectivity index is 2.03. The first-order valence-corrected chi connectivity index (χ1v) is 13.3. The normalized spacial score (nSPS) is 12.0. The van der Waals surface area contributed by atoms with E-state index in [1.807, 2.05) is 31.2 Å². The second-order valence-corrected chi connectivity index (χ2v) is 11.0. The van der Waals surface area contributed by atoms with Crippen molar-refractivity contribution in [3.05, 3.63) is 94.0 Å². The van der Waals surface area contributed by atoms with Gasteiger partial charge >= 0.3 is 0 Å². The summed E-state index contributed by atoms with van der Waals surface area (Å²) >= 11 is 12.1. The molecule has 0 aliphatic heterocycles. The van der Waals surface area contributed by atoms with Crippen molar-refractivity contribution >= 4 is 50.7 Å². The number of benzene rings is 3. The van der Waals surface area contributed by atoms with E-state index in [-0.39, 0.29) is 23.0 Å². The number of carbonyl (C=O) groups excluding carboxylic acids is 2. The van der Waals surface area contributed by atoms with Crippen LogP contribution >= 0.6 is 23.2 Å². The van der Waals surface area contributed by atoms with Crippen molar-refractivity contribution in [1.82, 2.24) is 10.2 Å². The van der Waals surface area contributed by atoms with Gasteiger partial charge in [-0.25, -0.2) is 8.42 Å². The van der Waals surface area contributed by atoms with Crippen LogP contribution in [0.5, 0.6) is 0 Å². The van der Waals surface area contributed by atoms with E-state index in [1.54, 1.807) is 25.1 Å². The average molecular weight is 548 g/mol. The Labute approximate surface area is 221 Å². The molecule has 0 bridgehead atoms. The van der Waals surface area contributed by atoms with Crippen molar-refractivity contribution in [2.45, 2.75) is 31.3 Å². The molecule has 3 aromatic rings. The molecule has 1 N–H and O–H groups in total. The van der Waals surface area contributed by atoms with Crippen LogP contribution in [0.3, 0.4) is 0 Å². The molecule has 0 fully saturated rings. The van der Waals surface area contributed by atoms with E-state index in [0.717, 1.165) is 15.4 Å². The Kier molecular flexibility index (Phi) is 9.00. The first-order chi connectivity index (χ1) is 17.0. The van der Waals surface area contributed by atoms with Gasteiger partial charge in [-0.15, -0.1) is 0 Å². The van der Waals surface area contributed by atoms with Gasteiger partial charge in [-0.05, 0) is 61.9 Å². The van der Waals surface area contributed by atoms with Gasteiger partial charge in [0.25, 0.3) is 10.0 Å². The first kappa shape index (κ1) is 27.5. The number of hydrogen-bond donors (Lipinski definition) is 1. The lowest BCUT2D eigenvalue weighted by molar-refractivity contribution is -0.139. The Morgan fingerprint density at radius 2 is 1.61 bits per heavy atom. The van der Waals surface area contributed by atoms with Crippen LogP contribution in [-0.2, 0) is 26.2 Å². The second-order valence-electron chi connectivity index (χ2n) is 8.25. The molecule has 0 saturated heterocycles. The summed E-state index contributed by atoms with van der Waals surface area (Å²) in [7, 11) is -2.70. The minimum Gasteiger partial charge on any atom is -0.357 e. The van der Waals surface area contributed by atoms with Gasteiger partial charge in [0.1, 0.15) is 12.6 Å². The molecule has 3 aromatic carbocycles. The van der Waals surface area contributed by atoms with Crippen LogP contribution in [0.15, 0.2) is 77.7 Å². The maximum absolute atomic E-state index is 13.7. The first-order valence-electron chi connectivity index (χ1n) is 11.1. The lowest BCUT2D eigenvalue weighted by atomic mass is 10.1. The third-order valence-electron chi connectivity index (χ3n) is 5.63. The molecule has 0 aliphatic carbocycles. The molecule has 0 aromatic heterocycles. The fourth-order valence-electron chi connectivity index (χ4n) is 3.69. The van der Waals surface area contributed by atoms with Crippen molar-refractivity contribution in [3.8, 4) is 0 Å². The van der Waals surface area contributed by atoms with Crippen LogP contribution in [0.4, 0.5) is 5.69 Å². The molecule has 10 heteroatoms. The van der Waals surface area contributed by atoms with Gasteiger partial charge in [0.2, 0.25) is 11.8 Å². The quantitative estimate of drug-likeness (QED) is 0.422. The van der Waals surface area contributed by atoms with E-state index in [2.05, 4.69) is 5.32 Å². The van der Waals surface area contributed by atoms with E-state index < -0.39 is 28.5 Å². The number of nitrogens with one attached hydrogen (secondary N) is 1. The Bertz CT molecular complexity index is 1350. The molecule has 1 atom stereocenters. The molecule has 0 aliphatic rings. The molecule has 7 nitrogen and oxygen atoms in total. The van der Waals surface area contributed by atoms with Gasteiger partial charge < -0.3 is 10.2 Å². The fourth-order valence-corrected chi connectivity index (χ4v) is 5.41. The van der Waals surface area contributed by atoms with Crippen LogP contribution in [0.25, 0.3) is 0 Å². The molecule has 0 spiro atoms. The van der Waals surface area contributed by atoms with Gasteiger partial charge in [-0.3, -0.25) is 13.9 Å². The predicted molar refractivity (Wildman–Crippen MR) is 143 cm³/mol. The van der Waals surface area contributed by atoms with Crippen LogP contribution in [-0.4, -0.2) is 44.8 Å². The van der Waals surface area contributed by atoms with E-state index in [4.69, 9.17) is 23.2 Å². The lowest BCUT2D eigenvalue weighted by Crippen LogP contribution is -2.50. The highest BCUT2D eigenvalue weighted by Crippen LogP contribution is 2.27. The topological polar surface area (TPSA) is 86.8 Å². The number of amides is 2. The van der Waals surface area contributed by atoms with E-state index in [0.29, 0.717) is 10.0 Å².